The van der Waals surface area contributed by atoms with Crippen molar-refractivity contribution in [2.45, 2.75) is 25.9 Å². The predicted octanol–water partition coefficient (Wildman–Crippen LogP) is 0.826. The first kappa shape index (κ1) is 12.8. The van der Waals surface area contributed by atoms with Gasteiger partial charge < -0.3 is 15.0 Å². The number of fused-ring (bicyclic) bond motifs is 1. The van der Waals surface area contributed by atoms with Gasteiger partial charge in [0.1, 0.15) is 10.9 Å². The van der Waals surface area contributed by atoms with Gasteiger partial charge in [-0.05, 0) is 6.92 Å². The van der Waals surface area contributed by atoms with Crippen molar-refractivity contribution in [2.24, 2.45) is 0 Å². The fraction of sp³-hybridized carbons (Fsp3) is 0.333. The summed E-state index contributed by atoms with van der Waals surface area (Å²) in [6.45, 7) is 1.97. The fourth-order valence-electron chi connectivity index (χ4n) is 2.31. The Morgan fingerprint density at radius 2 is 2.30 bits per heavy atom. The number of aliphatic carboxylic acids is 1. The van der Waals surface area contributed by atoms with E-state index in [1.54, 1.807) is 12.4 Å². The monoisotopic (exact) mass is 292 g/mol. The van der Waals surface area contributed by atoms with Crippen molar-refractivity contribution in [3.63, 3.8) is 0 Å². The lowest BCUT2D eigenvalue weighted by atomic mass is 10.0. The number of nitrogens with zero attached hydrogens (tertiary/aromatic N) is 3. The first-order valence-electron chi connectivity index (χ1n) is 6.03. The van der Waals surface area contributed by atoms with Crippen LogP contribution in [0.2, 0.25) is 0 Å². The van der Waals surface area contributed by atoms with E-state index >= 15 is 0 Å². The number of carbonyl (C=O) groups is 2. The topological polar surface area (TPSA) is 99.2 Å². The van der Waals surface area contributed by atoms with E-state index in [-0.39, 0.29) is 18.9 Å². The lowest BCUT2D eigenvalue weighted by Gasteiger charge is -2.32. The molecule has 3 rings (SSSR count). The van der Waals surface area contributed by atoms with Crippen LogP contribution in [0.4, 0.5) is 0 Å². The number of aromatic amines is 1. The molecule has 104 valence electrons. The van der Waals surface area contributed by atoms with E-state index in [0.717, 1.165) is 5.69 Å². The summed E-state index contributed by atoms with van der Waals surface area (Å²) in [5.74, 6) is -1.31. The highest BCUT2D eigenvalue weighted by atomic mass is 32.1. The molecule has 0 aromatic carbocycles. The van der Waals surface area contributed by atoms with E-state index in [0.29, 0.717) is 16.3 Å². The number of aromatic nitrogens is 3. The maximum Gasteiger partial charge on any atom is 0.326 e. The maximum absolute atomic E-state index is 12.5. The molecule has 0 bridgehead atoms. The summed E-state index contributed by atoms with van der Waals surface area (Å²) in [6.07, 6.45) is 1.74. The first-order chi connectivity index (χ1) is 9.58. The molecule has 0 spiro atoms. The quantitative estimate of drug-likeness (QED) is 0.854. The third-order valence-electron chi connectivity index (χ3n) is 3.38. The standard InChI is InChI=1S/C12H12N4O3S/c1-6-10(20-5-15-6)11(17)16-3-8-7(13-4-14-8)2-9(16)12(18)19/h4-5,9H,2-3H2,1H3,(H,13,14)(H,18,19). The summed E-state index contributed by atoms with van der Waals surface area (Å²) in [6, 6.07) is -0.889. The second-order valence-corrected chi connectivity index (χ2v) is 5.44. The van der Waals surface area contributed by atoms with Gasteiger partial charge >= 0.3 is 5.97 Å². The number of carbonyl (C=O) groups excluding carboxylic acids is 1. The minimum atomic E-state index is -1.02. The van der Waals surface area contributed by atoms with Gasteiger partial charge in [-0.1, -0.05) is 0 Å². The molecule has 2 aromatic heterocycles. The number of aryl methyl sites for hydroxylation is 1. The summed E-state index contributed by atoms with van der Waals surface area (Å²) < 4.78 is 0. The smallest absolute Gasteiger partial charge is 0.326 e. The molecule has 0 aliphatic carbocycles. The Labute approximate surface area is 118 Å². The van der Waals surface area contributed by atoms with Crippen LogP contribution < -0.4 is 0 Å². The molecule has 2 N–H and O–H groups in total. The number of H-pyrrole nitrogens is 1. The van der Waals surface area contributed by atoms with Crippen LogP contribution in [-0.4, -0.2) is 42.9 Å². The average Bonchev–Trinajstić information content (AvgIpc) is 3.04. The number of rotatable bonds is 2. The molecular weight excluding hydrogens is 280 g/mol. The van der Waals surface area contributed by atoms with Crippen LogP contribution >= 0.6 is 11.3 Å². The van der Waals surface area contributed by atoms with Crippen molar-refractivity contribution in [1.29, 1.82) is 0 Å². The molecular formula is C12H12N4O3S. The highest BCUT2D eigenvalue weighted by Gasteiger charge is 2.37. The number of nitrogens with one attached hydrogen (secondary N) is 1. The number of thiazole rings is 1. The summed E-state index contributed by atoms with van der Waals surface area (Å²) in [5, 5.41) is 9.34. The van der Waals surface area contributed by atoms with Gasteiger partial charge in [0.2, 0.25) is 0 Å². The van der Waals surface area contributed by atoms with Crippen molar-refractivity contribution in [2.75, 3.05) is 0 Å². The Balaban J connectivity index is 1.96. The van der Waals surface area contributed by atoms with Crippen LogP contribution in [0.5, 0.6) is 0 Å². The molecule has 2 aromatic rings. The molecule has 3 heterocycles. The highest BCUT2D eigenvalue weighted by molar-refractivity contribution is 7.11. The van der Waals surface area contributed by atoms with Crippen molar-refractivity contribution >= 4 is 23.2 Å². The van der Waals surface area contributed by atoms with E-state index in [2.05, 4.69) is 15.0 Å². The van der Waals surface area contributed by atoms with Gasteiger partial charge in [-0.25, -0.2) is 14.8 Å². The van der Waals surface area contributed by atoms with Gasteiger partial charge in [0.15, 0.2) is 0 Å². The number of carboxylic acid groups (broad SMARTS) is 1. The third-order valence-corrected chi connectivity index (χ3v) is 4.30. The number of amides is 1. The zero-order valence-corrected chi connectivity index (χ0v) is 11.5. The summed E-state index contributed by atoms with van der Waals surface area (Å²) in [5.41, 5.74) is 3.71. The number of imidazole rings is 1. The summed E-state index contributed by atoms with van der Waals surface area (Å²) in [4.78, 5) is 36.9. The van der Waals surface area contributed by atoms with Crippen LogP contribution in [0.25, 0.3) is 0 Å². The summed E-state index contributed by atoms with van der Waals surface area (Å²) >= 11 is 1.23. The molecule has 0 saturated carbocycles. The molecule has 1 unspecified atom stereocenters. The Kier molecular flexibility index (Phi) is 3.01. The lowest BCUT2D eigenvalue weighted by molar-refractivity contribution is -0.142. The van der Waals surface area contributed by atoms with Crippen LogP contribution in [0, 0.1) is 6.92 Å². The van der Waals surface area contributed by atoms with Gasteiger partial charge in [0.05, 0.1) is 35.5 Å². The zero-order valence-electron chi connectivity index (χ0n) is 10.7. The van der Waals surface area contributed by atoms with E-state index in [1.165, 1.54) is 22.6 Å². The normalized spacial score (nSPS) is 17.9. The molecule has 20 heavy (non-hydrogen) atoms. The van der Waals surface area contributed by atoms with E-state index < -0.39 is 12.0 Å². The molecule has 0 saturated heterocycles. The Morgan fingerprint density at radius 3 is 2.95 bits per heavy atom. The van der Waals surface area contributed by atoms with Crippen molar-refractivity contribution in [1.82, 2.24) is 19.9 Å². The molecule has 0 radical (unpaired) electrons. The van der Waals surface area contributed by atoms with Gasteiger partial charge in [-0.15, -0.1) is 11.3 Å². The second-order valence-electron chi connectivity index (χ2n) is 4.59. The first-order valence-corrected chi connectivity index (χ1v) is 6.91. The van der Waals surface area contributed by atoms with Crippen LogP contribution in [0.1, 0.15) is 26.8 Å². The molecule has 0 fully saturated rings. The van der Waals surface area contributed by atoms with Gasteiger partial charge in [-0.2, -0.15) is 0 Å². The average molecular weight is 292 g/mol. The predicted molar refractivity (Wildman–Crippen MR) is 70.4 cm³/mol. The Morgan fingerprint density at radius 1 is 1.50 bits per heavy atom. The molecule has 7 nitrogen and oxygen atoms in total. The minimum absolute atomic E-state index is 0.220. The molecule has 1 amide bonds. The van der Waals surface area contributed by atoms with Gasteiger partial charge in [0.25, 0.3) is 5.91 Å². The van der Waals surface area contributed by atoms with Crippen LogP contribution in [0.3, 0.4) is 0 Å². The summed E-state index contributed by atoms with van der Waals surface area (Å²) in [7, 11) is 0. The largest absolute Gasteiger partial charge is 0.480 e. The number of carboxylic acids is 1. The van der Waals surface area contributed by atoms with E-state index in [1.807, 2.05) is 0 Å². The van der Waals surface area contributed by atoms with Gasteiger partial charge in [0, 0.05) is 6.42 Å². The molecule has 1 aliphatic rings. The van der Waals surface area contributed by atoms with Gasteiger partial charge in [-0.3, -0.25) is 4.79 Å². The minimum Gasteiger partial charge on any atom is -0.480 e. The molecule has 8 heteroatoms. The van der Waals surface area contributed by atoms with E-state index in [4.69, 9.17) is 0 Å². The Bertz CT molecular complexity index is 678. The lowest BCUT2D eigenvalue weighted by Crippen LogP contribution is -2.48. The molecule has 1 aliphatic heterocycles. The maximum atomic E-state index is 12.5. The van der Waals surface area contributed by atoms with Crippen molar-refractivity contribution < 1.29 is 14.7 Å². The third kappa shape index (κ3) is 1.97. The Hall–Kier alpha value is -2.22. The van der Waals surface area contributed by atoms with Crippen LogP contribution in [-0.2, 0) is 17.8 Å². The van der Waals surface area contributed by atoms with Crippen LogP contribution in [0.15, 0.2) is 11.8 Å². The highest BCUT2D eigenvalue weighted by Crippen LogP contribution is 2.25. The fourth-order valence-corrected chi connectivity index (χ4v) is 3.07. The SMILES string of the molecule is Cc1ncsc1C(=O)N1Cc2[nH]cnc2CC1C(=O)O. The van der Waals surface area contributed by atoms with E-state index in [9.17, 15) is 14.7 Å². The second kappa shape index (κ2) is 4.71. The van der Waals surface area contributed by atoms with Crippen molar-refractivity contribution in [3.8, 4) is 0 Å². The number of hydrogen-bond acceptors (Lipinski definition) is 5. The van der Waals surface area contributed by atoms with Crippen molar-refractivity contribution in [3.05, 3.63) is 33.8 Å². The number of hydrogen-bond donors (Lipinski definition) is 2. The molecule has 1 atom stereocenters. The zero-order chi connectivity index (χ0) is 14.3.